The quantitative estimate of drug-likeness (QED) is 0.585. The maximum absolute atomic E-state index is 5.96. The molecule has 1 aromatic rings. The topological polar surface area (TPSA) is 76.1 Å². The second-order valence-electron chi connectivity index (χ2n) is 5.58. The lowest BCUT2D eigenvalue weighted by molar-refractivity contribution is 0.687. The minimum absolute atomic E-state index is 0.578. The molecule has 4 heteroatoms. The number of nitrogens with one attached hydrogen (secondary N) is 2. The third kappa shape index (κ3) is 4.35. The highest BCUT2D eigenvalue weighted by atomic mass is 14.9. The second kappa shape index (κ2) is 6.38. The average Bonchev–Trinajstić information content (AvgIpc) is 2.26. The molecule has 4 nitrogen and oxygen atoms in total. The van der Waals surface area contributed by atoms with E-state index in [1.807, 2.05) is 12.1 Å². The van der Waals surface area contributed by atoms with Gasteiger partial charge >= 0.3 is 0 Å². The summed E-state index contributed by atoms with van der Waals surface area (Å²) >= 11 is 0. The van der Waals surface area contributed by atoms with Gasteiger partial charge in [0.2, 0.25) is 0 Å². The first-order valence-electron chi connectivity index (χ1n) is 6.57. The van der Waals surface area contributed by atoms with Gasteiger partial charge in [-0.05, 0) is 24.0 Å². The molecule has 0 atom stereocenters. The zero-order valence-corrected chi connectivity index (χ0v) is 11.9. The lowest BCUT2D eigenvalue weighted by atomic mass is 10.1. The molecule has 1 aromatic carbocycles. The van der Waals surface area contributed by atoms with E-state index in [1.54, 1.807) is 0 Å². The third-order valence-electron chi connectivity index (χ3n) is 2.62. The standard InChI is InChI=1S/C14H26N4/c1-9(2)7-17-13-6-14(18-8-10(3)4)12(16)5-11(13)15/h5-6,9-10,17-18H,7-8,15-16H2,1-4H3. The summed E-state index contributed by atoms with van der Waals surface area (Å²) in [6.45, 7) is 10.5. The maximum Gasteiger partial charge on any atom is 0.0596 e. The fraction of sp³-hybridized carbons (Fsp3) is 0.571. The first-order chi connectivity index (χ1) is 8.40. The van der Waals surface area contributed by atoms with Crippen molar-refractivity contribution in [3.05, 3.63) is 12.1 Å². The van der Waals surface area contributed by atoms with E-state index in [4.69, 9.17) is 11.5 Å². The number of anilines is 4. The highest BCUT2D eigenvalue weighted by molar-refractivity contribution is 5.81. The van der Waals surface area contributed by atoms with Crippen LogP contribution in [0.5, 0.6) is 0 Å². The van der Waals surface area contributed by atoms with Crippen molar-refractivity contribution in [3.63, 3.8) is 0 Å². The normalized spacial score (nSPS) is 11.0. The Balaban J connectivity index is 2.81. The molecule has 6 N–H and O–H groups in total. The monoisotopic (exact) mass is 250 g/mol. The smallest absolute Gasteiger partial charge is 0.0596 e. The number of hydrogen-bond acceptors (Lipinski definition) is 4. The van der Waals surface area contributed by atoms with Crippen molar-refractivity contribution in [2.75, 3.05) is 35.2 Å². The van der Waals surface area contributed by atoms with Crippen molar-refractivity contribution < 1.29 is 0 Å². The van der Waals surface area contributed by atoms with Crippen LogP contribution in [-0.2, 0) is 0 Å². The molecular weight excluding hydrogens is 224 g/mol. The largest absolute Gasteiger partial charge is 0.397 e. The van der Waals surface area contributed by atoms with Crippen LogP contribution in [0.4, 0.5) is 22.7 Å². The van der Waals surface area contributed by atoms with Crippen molar-refractivity contribution in [1.29, 1.82) is 0 Å². The second-order valence-corrected chi connectivity index (χ2v) is 5.58. The molecule has 0 saturated heterocycles. The van der Waals surface area contributed by atoms with Crippen LogP contribution in [0.1, 0.15) is 27.7 Å². The van der Waals surface area contributed by atoms with Crippen LogP contribution in [0.15, 0.2) is 12.1 Å². The minimum atomic E-state index is 0.578. The van der Waals surface area contributed by atoms with Crippen molar-refractivity contribution in [1.82, 2.24) is 0 Å². The molecule has 0 saturated carbocycles. The maximum atomic E-state index is 5.96. The van der Waals surface area contributed by atoms with E-state index in [2.05, 4.69) is 38.3 Å². The van der Waals surface area contributed by atoms with Crippen molar-refractivity contribution >= 4 is 22.7 Å². The summed E-state index contributed by atoms with van der Waals surface area (Å²) in [6.07, 6.45) is 0. The van der Waals surface area contributed by atoms with Gasteiger partial charge in [0.15, 0.2) is 0 Å². The van der Waals surface area contributed by atoms with Crippen LogP contribution in [0.25, 0.3) is 0 Å². The van der Waals surface area contributed by atoms with Crippen LogP contribution in [0.3, 0.4) is 0 Å². The zero-order chi connectivity index (χ0) is 13.7. The van der Waals surface area contributed by atoms with E-state index in [-0.39, 0.29) is 0 Å². The Kier molecular flexibility index (Phi) is 5.13. The molecule has 0 radical (unpaired) electrons. The Morgan fingerprint density at radius 2 is 1.22 bits per heavy atom. The van der Waals surface area contributed by atoms with E-state index in [0.717, 1.165) is 24.5 Å². The van der Waals surface area contributed by atoms with Gasteiger partial charge < -0.3 is 22.1 Å². The molecule has 18 heavy (non-hydrogen) atoms. The molecule has 0 heterocycles. The lowest BCUT2D eigenvalue weighted by Crippen LogP contribution is -2.13. The van der Waals surface area contributed by atoms with Gasteiger partial charge in [0.1, 0.15) is 0 Å². The van der Waals surface area contributed by atoms with Gasteiger partial charge in [-0.2, -0.15) is 0 Å². The first-order valence-corrected chi connectivity index (χ1v) is 6.57. The number of nitrogen functional groups attached to an aromatic ring is 2. The molecule has 0 spiro atoms. The summed E-state index contributed by atoms with van der Waals surface area (Å²) in [5.74, 6) is 1.16. The molecule has 102 valence electrons. The molecular formula is C14H26N4. The van der Waals surface area contributed by atoms with Gasteiger partial charge in [0.05, 0.1) is 22.7 Å². The molecule has 0 unspecified atom stereocenters. The Morgan fingerprint density at radius 1 is 0.833 bits per heavy atom. The van der Waals surface area contributed by atoms with Crippen LogP contribution >= 0.6 is 0 Å². The van der Waals surface area contributed by atoms with E-state index < -0.39 is 0 Å². The molecule has 0 fully saturated rings. The predicted molar refractivity (Wildman–Crippen MR) is 81.9 cm³/mol. The van der Waals surface area contributed by atoms with Crippen LogP contribution in [0.2, 0.25) is 0 Å². The highest BCUT2D eigenvalue weighted by Gasteiger charge is 2.06. The van der Waals surface area contributed by atoms with E-state index in [1.165, 1.54) is 0 Å². The molecule has 0 aliphatic rings. The fourth-order valence-electron chi connectivity index (χ4n) is 1.57. The summed E-state index contributed by atoms with van der Waals surface area (Å²) in [5.41, 5.74) is 15.2. The summed E-state index contributed by atoms with van der Waals surface area (Å²) in [4.78, 5) is 0. The first kappa shape index (κ1) is 14.5. The Labute approximate surface area is 110 Å². The van der Waals surface area contributed by atoms with Gasteiger partial charge in [-0.25, -0.2) is 0 Å². The predicted octanol–water partition coefficient (Wildman–Crippen LogP) is 2.99. The highest BCUT2D eigenvalue weighted by Crippen LogP contribution is 2.29. The molecule has 0 aliphatic carbocycles. The Morgan fingerprint density at radius 3 is 1.56 bits per heavy atom. The van der Waals surface area contributed by atoms with Gasteiger partial charge in [-0.3, -0.25) is 0 Å². The van der Waals surface area contributed by atoms with Gasteiger partial charge in [-0.15, -0.1) is 0 Å². The average molecular weight is 250 g/mol. The van der Waals surface area contributed by atoms with Crippen molar-refractivity contribution in [2.45, 2.75) is 27.7 Å². The Bertz CT molecular complexity index is 352. The summed E-state index contributed by atoms with van der Waals surface area (Å²) in [5, 5.41) is 6.69. The van der Waals surface area contributed by atoms with Crippen molar-refractivity contribution in [3.8, 4) is 0 Å². The molecule has 0 aliphatic heterocycles. The number of nitrogens with two attached hydrogens (primary N) is 2. The molecule has 0 bridgehead atoms. The molecule has 0 amide bonds. The fourth-order valence-corrected chi connectivity index (χ4v) is 1.57. The van der Waals surface area contributed by atoms with Gasteiger partial charge in [0, 0.05) is 13.1 Å². The minimum Gasteiger partial charge on any atom is -0.397 e. The van der Waals surface area contributed by atoms with Crippen LogP contribution in [-0.4, -0.2) is 13.1 Å². The summed E-state index contributed by atoms with van der Waals surface area (Å²) in [6, 6.07) is 3.81. The Hall–Kier alpha value is -1.58. The van der Waals surface area contributed by atoms with Crippen LogP contribution < -0.4 is 22.1 Å². The number of hydrogen-bond donors (Lipinski definition) is 4. The van der Waals surface area contributed by atoms with Crippen molar-refractivity contribution in [2.24, 2.45) is 11.8 Å². The lowest BCUT2D eigenvalue weighted by Gasteiger charge is -2.16. The number of benzene rings is 1. The third-order valence-corrected chi connectivity index (χ3v) is 2.62. The number of rotatable bonds is 6. The summed E-state index contributed by atoms with van der Waals surface area (Å²) < 4.78 is 0. The van der Waals surface area contributed by atoms with E-state index >= 15 is 0 Å². The van der Waals surface area contributed by atoms with Gasteiger partial charge in [0.25, 0.3) is 0 Å². The van der Waals surface area contributed by atoms with Gasteiger partial charge in [-0.1, -0.05) is 27.7 Å². The van der Waals surface area contributed by atoms with E-state index in [0.29, 0.717) is 23.2 Å². The van der Waals surface area contributed by atoms with Crippen LogP contribution in [0, 0.1) is 11.8 Å². The van der Waals surface area contributed by atoms with E-state index in [9.17, 15) is 0 Å². The SMILES string of the molecule is CC(C)CNc1cc(NCC(C)C)c(N)cc1N. The molecule has 0 aromatic heterocycles. The summed E-state index contributed by atoms with van der Waals surface area (Å²) in [7, 11) is 0. The molecule has 1 rings (SSSR count). The zero-order valence-electron chi connectivity index (χ0n) is 11.9.